The molecule has 176 valence electrons. The van der Waals surface area contributed by atoms with E-state index in [0.717, 1.165) is 23.3 Å². The zero-order valence-electron chi connectivity index (χ0n) is 19.1. The minimum atomic E-state index is -0.980. The average molecular weight is 471 g/mol. The van der Waals surface area contributed by atoms with Crippen molar-refractivity contribution < 1.29 is 13.6 Å². The highest BCUT2D eigenvalue weighted by Gasteiger charge is 2.06. The fourth-order valence-corrected chi connectivity index (χ4v) is 3.05. The molecule has 5 nitrogen and oxygen atoms in total. The number of anilines is 2. The van der Waals surface area contributed by atoms with Crippen molar-refractivity contribution in [2.75, 3.05) is 5.32 Å². The molecule has 0 aliphatic rings. The summed E-state index contributed by atoms with van der Waals surface area (Å²) in [6.45, 7) is 5.72. The highest BCUT2D eigenvalue weighted by molar-refractivity contribution is 5.93. The summed E-state index contributed by atoms with van der Waals surface area (Å²) < 4.78 is 27.2. The normalized spacial score (nSPS) is 11.1. The molecule has 0 aliphatic carbocycles. The highest BCUT2D eigenvalue weighted by Crippen LogP contribution is 2.22. The van der Waals surface area contributed by atoms with Gasteiger partial charge in [0.2, 0.25) is 5.91 Å². The third kappa shape index (κ3) is 6.91. The number of benzene rings is 2. The Morgan fingerprint density at radius 1 is 1.00 bits per heavy atom. The van der Waals surface area contributed by atoms with Gasteiger partial charge in [-0.05, 0) is 54.4 Å². The third-order valence-electron chi connectivity index (χ3n) is 4.85. The molecule has 3 aromatic rings. The Kier molecular flexibility index (Phi) is 8.56. The monoisotopic (exact) mass is 470 g/mol. The molecule has 0 unspecified atom stereocenters. The third-order valence-corrected chi connectivity index (χ3v) is 4.85. The molecule has 0 atom stereocenters. The number of hydrogen-bond donors (Lipinski definition) is 2. The second-order valence-corrected chi connectivity index (χ2v) is 7.29. The van der Waals surface area contributed by atoms with Gasteiger partial charge in [0.1, 0.15) is 5.82 Å². The van der Waals surface area contributed by atoms with Crippen LogP contribution in [0.25, 0.3) is 16.7 Å². The van der Waals surface area contributed by atoms with Crippen LogP contribution >= 0.6 is 0 Å². The maximum atomic E-state index is 13.8. The average Bonchev–Trinajstić information content (AvgIpc) is 2.86. The van der Waals surface area contributed by atoms with E-state index >= 15 is 0 Å². The molecule has 0 fully saturated rings. The first-order chi connectivity index (χ1) is 16.9. The molecule has 2 aromatic carbocycles. The molecular weight excluding hydrogens is 446 g/mol. The van der Waals surface area contributed by atoms with Crippen LogP contribution in [0.3, 0.4) is 0 Å². The van der Waals surface area contributed by atoms with E-state index in [0.29, 0.717) is 28.5 Å². The van der Waals surface area contributed by atoms with E-state index in [1.54, 1.807) is 48.7 Å². The lowest BCUT2D eigenvalue weighted by atomic mass is 10.0. The van der Waals surface area contributed by atoms with Gasteiger partial charge in [-0.3, -0.25) is 4.79 Å². The molecule has 0 radical (unpaired) electrons. The molecule has 3 rings (SSSR count). The fourth-order valence-electron chi connectivity index (χ4n) is 3.05. The van der Waals surface area contributed by atoms with Gasteiger partial charge >= 0.3 is 0 Å². The van der Waals surface area contributed by atoms with Crippen molar-refractivity contribution in [3.05, 3.63) is 127 Å². The first-order valence-corrected chi connectivity index (χ1v) is 10.7. The number of carbonyl (C=O) groups is 1. The second kappa shape index (κ2) is 12.0. The van der Waals surface area contributed by atoms with E-state index in [9.17, 15) is 13.6 Å². The van der Waals surface area contributed by atoms with Crippen LogP contribution < -0.4 is 11.1 Å². The van der Waals surface area contributed by atoms with Crippen LogP contribution in [0, 0.1) is 11.6 Å². The number of halogens is 2. The number of amides is 1. The van der Waals surface area contributed by atoms with E-state index in [2.05, 4.69) is 21.9 Å². The number of carbonyl (C=O) groups excluding carboxylic acids is 1. The summed E-state index contributed by atoms with van der Waals surface area (Å²) in [5.74, 6) is -1.74. The number of rotatable bonds is 7. The zero-order chi connectivity index (χ0) is 25.2. The summed E-state index contributed by atoms with van der Waals surface area (Å²) in [6.07, 6.45) is 8.74. The molecule has 0 saturated carbocycles. The smallest absolute Gasteiger partial charge is 0.248 e. The van der Waals surface area contributed by atoms with Crippen molar-refractivity contribution in [1.82, 2.24) is 9.97 Å². The molecule has 1 aromatic heterocycles. The molecule has 0 spiro atoms. The Bertz CT molecular complexity index is 1350. The molecule has 35 heavy (non-hydrogen) atoms. The molecular formula is C28H24F2N4O. The Morgan fingerprint density at radius 2 is 1.71 bits per heavy atom. The van der Waals surface area contributed by atoms with E-state index < -0.39 is 17.5 Å². The van der Waals surface area contributed by atoms with E-state index in [4.69, 9.17) is 5.73 Å². The summed E-state index contributed by atoms with van der Waals surface area (Å²) in [7, 11) is 0. The number of nitrogens with two attached hydrogens (primary N) is 1. The number of hydrogen-bond acceptors (Lipinski definition) is 4. The van der Waals surface area contributed by atoms with Gasteiger partial charge in [0.25, 0.3) is 0 Å². The van der Waals surface area contributed by atoms with Crippen LogP contribution in [0.4, 0.5) is 20.3 Å². The quantitative estimate of drug-likeness (QED) is 0.385. The number of nitrogens with zero attached hydrogens (tertiary/aromatic N) is 2. The van der Waals surface area contributed by atoms with Crippen molar-refractivity contribution >= 4 is 23.0 Å². The SMILES string of the molecule is C=C/C(=C\C=C/C)c1ncccc(-c2ccc(C(N)=O)cc2)ccc(Nc2ccc(F)c(F)c2)n1. The van der Waals surface area contributed by atoms with Gasteiger partial charge in [-0.25, -0.2) is 18.7 Å². The fraction of sp³-hybridized carbons (Fsp3) is 0.0357. The van der Waals surface area contributed by atoms with Crippen LogP contribution in [0.2, 0.25) is 0 Å². The van der Waals surface area contributed by atoms with Gasteiger partial charge in [0.15, 0.2) is 17.5 Å². The molecule has 1 heterocycles. The van der Waals surface area contributed by atoms with Gasteiger partial charge in [0, 0.05) is 29.1 Å². The van der Waals surface area contributed by atoms with Crippen molar-refractivity contribution in [2.45, 2.75) is 6.92 Å². The Balaban J connectivity index is 2.16. The zero-order valence-corrected chi connectivity index (χ0v) is 19.1. The van der Waals surface area contributed by atoms with Crippen molar-refractivity contribution in [3.8, 4) is 11.1 Å². The maximum Gasteiger partial charge on any atom is 0.248 e. The lowest BCUT2D eigenvalue weighted by Gasteiger charge is -2.07. The molecule has 0 saturated heterocycles. The number of allylic oxidation sites excluding steroid dienone is 5. The van der Waals surface area contributed by atoms with Gasteiger partial charge in [0.05, 0.1) is 0 Å². The van der Waals surface area contributed by atoms with E-state index in [1.165, 1.54) is 6.07 Å². The lowest BCUT2D eigenvalue weighted by Crippen LogP contribution is -2.10. The van der Waals surface area contributed by atoms with E-state index in [-0.39, 0.29) is 0 Å². The van der Waals surface area contributed by atoms with Crippen molar-refractivity contribution in [2.24, 2.45) is 5.73 Å². The standard InChI is InChI=1S/C28H24F2N4O/c1-3-5-7-19(4-2)28-32-17-6-8-20(21-9-11-22(12-10-21)27(31)35)13-16-26(34-28)33-23-14-15-24(29)25(30)18-23/h3-18H,2H2,1H3,(H2,31,35)(H,32,33,34)/b5-3-,19-7+. The van der Waals surface area contributed by atoms with Crippen LogP contribution in [0.15, 0.2) is 104 Å². The number of aromatic nitrogens is 2. The van der Waals surface area contributed by atoms with Gasteiger partial charge in [-0.1, -0.05) is 55.1 Å². The molecule has 0 aliphatic heterocycles. The second-order valence-electron chi connectivity index (χ2n) is 7.29. The van der Waals surface area contributed by atoms with Crippen LogP contribution in [-0.2, 0) is 0 Å². The summed E-state index contributed by atoms with van der Waals surface area (Å²) in [4.78, 5) is 20.5. The maximum absolute atomic E-state index is 13.8. The van der Waals surface area contributed by atoms with E-state index in [1.807, 2.05) is 37.3 Å². The van der Waals surface area contributed by atoms with Gasteiger partial charge in [-0.15, -0.1) is 0 Å². The molecule has 1 amide bonds. The van der Waals surface area contributed by atoms with Crippen LogP contribution in [-0.4, -0.2) is 15.9 Å². The number of nitrogens with one attached hydrogen (secondary N) is 1. The molecule has 0 bridgehead atoms. The van der Waals surface area contributed by atoms with Crippen LogP contribution in [0.5, 0.6) is 0 Å². The predicted octanol–water partition coefficient (Wildman–Crippen LogP) is 6.53. The Morgan fingerprint density at radius 3 is 2.37 bits per heavy atom. The van der Waals surface area contributed by atoms with Crippen molar-refractivity contribution in [1.29, 1.82) is 0 Å². The topological polar surface area (TPSA) is 80.9 Å². The molecule has 3 N–H and O–H groups in total. The molecule has 7 heteroatoms. The largest absolute Gasteiger partial charge is 0.366 e. The lowest BCUT2D eigenvalue weighted by molar-refractivity contribution is 0.100. The first-order valence-electron chi connectivity index (χ1n) is 10.7. The summed E-state index contributed by atoms with van der Waals surface area (Å²) in [5, 5.41) is 3.01. The minimum absolute atomic E-state index is 0.313. The summed E-state index contributed by atoms with van der Waals surface area (Å²) >= 11 is 0. The van der Waals surface area contributed by atoms with Gasteiger partial charge < -0.3 is 11.1 Å². The summed E-state index contributed by atoms with van der Waals surface area (Å²) in [5.41, 5.74) is 8.33. The number of primary amides is 1. The van der Waals surface area contributed by atoms with Crippen LogP contribution in [0.1, 0.15) is 23.1 Å². The predicted molar refractivity (Wildman–Crippen MR) is 136 cm³/mol. The van der Waals surface area contributed by atoms with Gasteiger partial charge in [-0.2, -0.15) is 0 Å². The Labute approximate surface area is 202 Å². The summed E-state index contributed by atoms with van der Waals surface area (Å²) in [6, 6.07) is 17.4. The first kappa shape index (κ1) is 25.0. The highest BCUT2D eigenvalue weighted by atomic mass is 19.2. The Hall–Kier alpha value is -4.65. The minimum Gasteiger partial charge on any atom is -0.366 e. The van der Waals surface area contributed by atoms with Crippen molar-refractivity contribution in [3.63, 3.8) is 0 Å².